The summed E-state index contributed by atoms with van der Waals surface area (Å²) in [5.41, 5.74) is 4.22. The van der Waals surface area contributed by atoms with Crippen molar-refractivity contribution in [3.63, 3.8) is 0 Å². The van der Waals surface area contributed by atoms with Gasteiger partial charge in [0.25, 0.3) is 0 Å². The van der Waals surface area contributed by atoms with E-state index < -0.39 is 0 Å². The summed E-state index contributed by atoms with van der Waals surface area (Å²) in [5, 5.41) is 6.79. The number of carbonyl (C=O) groups excluding carboxylic acids is 1. The maximum Gasteiger partial charge on any atom is 0.233 e. The van der Waals surface area contributed by atoms with Crippen molar-refractivity contribution in [3.8, 4) is 11.3 Å². The molecule has 2 N–H and O–H groups in total. The molecule has 3 fully saturated rings. The van der Waals surface area contributed by atoms with E-state index in [2.05, 4.69) is 49.8 Å². The molecule has 1 atom stereocenters. The van der Waals surface area contributed by atoms with E-state index in [0.29, 0.717) is 32.2 Å². The summed E-state index contributed by atoms with van der Waals surface area (Å²) in [6.07, 6.45) is 3.48. The molecule has 0 radical (unpaired) electrons. The number of anilines is 2. The number of ether oxygens (including phenoxy) is 2. The van der Waals surface area contributed by atoms with Gasteiger partial charge in [-0.1, -0.05) is 12.1 Å². The van der Waals surface area contributed by atoms with Crippen LogP contribution in [0, 0.1) is 5.41 Å². The van der Waals surface area contributed by atoms with E-state index in [1.807, 2.05) is 17.9 Å². The van der Waals surface area contributed by atoms with E-state index >= 15 is 0 Å². The molecule has 202 valence electrons. The van der Waals surface area contributed by atoms with Gasteiger partial charge in [0.05, 0.1) is 42.6 Å². The number of hydrogen-bond acceptors (Lipinski definition) is 9. The predicted octanol–water partition coefficient (Wildman–Crippen LogP) is 1.89. The van der Waals surface area contributed by atoms with Gasteiger partial charge < -0.3 is 29.9 Å². The van der Waals surface area contributed by atoms with Gasteiger partial charge in [-0.3, -0.25) is 9.78 Å². The van der Waals surface area contributed by atoms with Crippen molar-refractivity contribution < 1.29 is 14.3 Å². The highest BCUT2D eigenvalue weighted by molar-refractivity contribution is 7.59. The second-order valence-corrected chi connectivity index (χ2v) is 10.2. The number of nitrogens with one attached hydrogen (secondary N) is 2. The summed E-state index contributed by atoms with van der Waals surface area (Å²) in [5.74, 6) is 0.931. The summed E-state index contributed by atoms with van der Waals surface area (Å²) >= 11 is 0. The topological polar surface area (TPSA) is 105 Å². The fourth-order valence-electron chi connectivity index (χ4n) is 5.13. The highest BCUT2D eigenvalue weighted by atomic mass is 32.1. The lowest BCUT2D eigenvalue weighted by Crippen LogP contribution is -2.58. The van der Waals surface area contributed by atoms with Crippen LogP contribution in [0.5, 0.6) is 0 Å². The normalized spacial score (nSPS) is 20.9. The summed E-state index contributed by atoms with van der Waals surface area (Å²) < 4.78 is 11.1. The molecule has 3 aliphatic rings. The van der Waals surface area contributed by atoms with Crippen LogP contribution < -0.4 is 15.5 Å². The molecule has 38 heavy (non-hydrogen) atoms. The largest absolute Gasteiger partial charge is 0.379 e. The number of piperazine rings is 1. The van der Waals surface area contributed by atoms with Crippen LogP contribution in [0.2, 0.25) is 0 Å². The first kappa shape index (κ1) is 26.6. The van der Waals surface area contributed by atoms with E-state index in [9.17, 15) is 4.79 Å². The molecule has 0 spiro atoms. The number of rotatable bonds is 6. The highest BCUT2D eigenvalue weighted by Gasteiger charge is 2.44. The Kier molecular flexibility index (Phi) is 7.98. The Morgan fingerprint density at radius 2 is 1.89 bits per heavy atom. The molecule has 0 aliphatic carbocycles. The Hall–Kier alpha value is -2.99. The Labute approximate surface area is 229 Å². The SMILES string of the molecule is CC1(C(=O)N2CCN(c3ccc(-c4cc5nccnc5c(NC[C@@H]5CNCCO5)n4)cc3)CC2)COC1.S. The maximum atomic E-state index is 12.8. The third-order valence-electron chi connectivity index (χ3n) is 7.41. The number of benzene rings is 1. The lowest BCUT2D eigenvalue weighted by Gasteiger charge is -2.43. The molecular formula is C27H35N7O3S. The zero-order valence-electron chi connectivity index (χ0n) is 21.7. The van der Waals surface area contributed by atoms with Crippen molar-refractivity contribution in [2.45, 2.75) is 13.0 Å². The van der Waals surface area contributed by atoms with Gasteiger partial charge in [0.1, 0.15) is 5.52 Å². The third kappa shape index (κ3) is 5.42. The van der Waals surface area contributed by atoms with Gasteiger partial charge in [-0.25, -0.2) is 9.97 Å². The molecule has 3 aromatic rings. The summed E-state index contributed by atoms with van der Waals surface area (Å²) in [4.78, 5) is 31.1. The predicted molar refractivity (Wildman–Crippen MR) is 152 cm³/mol. The van der Waals surface area contributed by atoms with Crippen LogP contribution >= 0.6 is 13.5 Å². The summed E-state index contributed by atoms with van der Waals surface area (Å²) in [6, 6.07) is 10.4. The number of carbonyl (C=O) groups is 1. The van der Waals surface area contributed by atoms with E-state index in [1.54, 1.807) is 12.4 Å². The minimum Gasteiger partial charge on any atom is -0.379 e. The van der Waals surface area contributed by atoms with Crippen molar-refractivity contribution >= 4 is 41.9 Å². The van der Waals surface area contributed by atoms with Crippen LogP contribution in [0.15, 0.2) is 42.7 Å². The quantitative estimate of drug-likeness (QED) is 0.488. The first-order valence-corrected chi connectivity index (χ1v) is 13.0. The number of fused-ring (bicyclic) bond motifs is 1. The Morgan fingerprint density at radius 3 is 2.58 bits per heavy atom. The van der Waals surface area contributed by atoms with E-state index in [4.69, 9.17) is 14.5 Å². The van der Waals surface area contributed by atoms with Crippen LogP contribution in [-0.4, -0.2) is 97.5 Å². The zero-order chi connectivity index (χ0) is 25.2. The molecule has 5 heterocycles. The number of amides is 1. The molecule has 0 bridgehead atoms. The number of morpholine rings is 1. The van der Waals surface area contributed by atoms with Gasteiger partial charge in [0.2, 0.25) is 5.91 Å². The number of aromatic nitrogens is 3. The lowest BCUT2D eigenvalue weighted by molar-refractivity contribution is -0.169. The minimum atomic E-state index is -0.338. The number of nitrogens with zero attached hydrogens (tertiary/aromatic N) is 5. The molecule has 0 saturated carbocycles. The molecule has 3 aliphatic heterocycles. The van der Waals surface area contributed by atoms with Crippen molar-refractivity contribution in [3.05, 3.63) is 42.7 Å². The second-order valence-electron chi connectivity index (χ2n) is 10.2. The Morgan fingerprint density at radius 1 is 1.13 bits per heavy atom. The molecule has 6 rings (SSSR count). The molecule has 11 heteroatoms. The zero-order valence-corrected chi connectivity index (χ0v) is 22.7. The average molecular weight is 538 g/mol. The summed E-state index contributed by atoms with van der Waals surface area (Å²) in [6.45, 7) is 9.22. The van der Waals surface area contributed by atoms with Crippen LogP contribution in [0.4, 0.5) is 11.5 Å². The molecule has 0 unspecified atom stereocenters. The van der Waals surface area contributed by atoms with Crippen molar-refractivity contribution in [1.29, 1.82) is 0 Å². The molecule has 2 aromatic heterocycles. The van der Waals surface area contributed by atoms with Gasteiger partial charge in [-0.15, -0.1) is 0 Å². The van der Waals surface area contributed by atoms with Gasteiger partial charge in [0.15, 0.2) is 5.82 Å². The first-order chi connectivity index (χ1) is 18.1. The highest BCUT2D eigenvalue weighted by Crippen LogP contribution is 2.31. The van der Waals surface area contributed by atoms with Crippen LogP contribution in [0.3, 0.4) is 0 Å². The van der Waals surface area contributed by atoms with Crippen LogP contribution in [0.1, 0.15) is 6.92 Å². The Balaban J connectivity index is 0.00000294. The van der Waals surface area contributed by atoms with Crippen molar-refractivity contribution in [2.24, 2.45) is 5.41 Å². The van der Waals surface area contributed by atoms with E-state index in [-0.39, 0.29) is 30.9 Å². The number of pyridine rings is 1. The third-order valence-corrected chi connectivity index (χ3v) is 7.41. The standard InChI is InChI=1S/C27H33N7O3.H2S/c1-27(17-36-18-27)26(35)34-11-9-33(10-12-34)20-4-2-19(3-5-20)22-14-23-24(30-7-6-29-23)25(32-22)31-16-21-15-28-8-13-37-21;/h2-7,14,21,28H,8-13,15-18H2,1H3,(H,31,32);1H2/t21-;/m0./s1. The van der Waals surface area contributed by atoms with Gasteiger partial charge in [-0.2, -0.15) is 13.5 Å². The molecule has 1 amide bonds. The summed E-state index contributed by atoms with van der Waals surface area (Å²) in [7, 11) is 0. The van der Waals surface area contributed by atoms with Crippen molar-refractivity contribution in [2.75, 3.05) is 75.9 Å². The maximum absolute atomic E-state index is 12.8. The van der Waals surface area contributed by atoms with Crippen molar-refractivity contribution in [1.82, 2.24) is 25.2 Å². The monoisotopic (exact) mass is 537 g/mol. The second kappa shape index (κ2) is 11.4. The average Bonchev–Trinajstić information content (AvgIpc) is 2.95. The Bertz CT molecular complexity index is 1260. The smallest absolute Gasteiger partial charge is 0.233 e. The molecular weight excluding hydrogens is 502 g/mol. The minimum absolute atomic E-state index is 0. The molecule has 1 aromatic carbocycles. The van der Waals surface area contributed by atoms with Crippen LogP contribution in [0.25, 0.3) is 22.3 Å². The fraction of sp³-hybridized carbons (Fsp3) is 0.481. The molecule has 3 saturated heterocycles. The number of hydrogen-bond donors (Lipinski definition) is 2. The fourth-order valence-corrected chi connectivity index (χ4v) is 5.13. The lowest BCUT2D eigenvalue weighted by atomic mass is 9.86. The van der Waals surface area contributed by atoms with Gasteiger partial charge in [-0.05, 0) is 25.1 Å². The van der Waals surface area contributed by atoms with Gasteiger partial charge >= 0.3 is 0 Å². The molecule has 10 nitrogen and oxygen atoms in total. The van der Waals surface area contributed by atoms with E-state index in [0.717, 1.165) is 67.2 Å². The van der Waals surface area contributed by atoms with E-state index in [1.165, 1.54) is 0 Å². The van der Waals surface area contributed by atoms with Gasteiger partial charge in [0, 0.05) is 69.5 Å². The van der Waals surface area contributed by atoms with Crippen LogP contribution in [-0.2, 0) is 14.3 Å². The first-order valence-electron chi connectivity index (χ1n) is 13.0.